The Hall–Kier alpha value is -1.53. The summed E-state index contributed by atoms with van der Waals surface area (Å²) < 4.78 is 4.99. The van der Waals surface area contributed by atoms with Crippen molar-refractivity contribution in [3.63, 3.8) is 0 Å². The van der Waals surface area contributed by atoms with Crippen LogP contribution >= 0.6 is 0 Å². The number of hydrogen-bond acceptors (Lipinski definition) is 5. The highest BCUT2D eigenvalue weighted by molar-refractivity contribution is 5.92. The predicted octanol–water partition coefficient (Wildman–Crippen LogP) is 0.0106. The van der Waals surface area contributed by atoms with Gasteiger partial charge in [-0.25, -0.2) is 4.98 Å². The third kappa shape index (κ3) is 3.02. The van der Waals surface area contributed by atoms with Crippen LogP contribution in [0.1, 0.15) is 16.2 Å². The first kappa shape index (κ1) is 12.9. The lowest BCUT2D eigenvalue weighted by Gasteiger charge is -2.32. The predicted molar refractivity (Wildman–Crippen MR) is 66.1 cm³/mol. The summed E-state index contributed by atoms with van der Waals surface area (Å²) in [7, 11) is 3.65. The molecular formula is C12H18N4O2. The zero-order valence-electron chi connectivity index (χ0n) is 10.8. The van der Waals surface area contributed by atoms with Crippen molar-refractivity contribution in [1.82, 2.24) is 19.8 Å². The van der Waals surface area contributed by atoms with Crippen LogP contribution in [0.15, 0.2) is 12.4 Å². The lowest BCUT2D eigenvalue weighted by atomic mass is 10.3. The number of nitrogens with zero attached hydrogens (tertiary/aromatic N) is 4. The van der Waals surface area contributed by atoms with Crippen molar-refractivity contribution in [2.24, 2.45) is 0 Å². The van der Waals surface area contributed by atoms with E-state index in [-0.39, 0.29) is 5.91 Å². The maximum atomic E-state index is 12.2. The van der Waals surface area contributed by atoms with Crippen molar-refractivity contribution in [3.05, 3.63) is 23.8 Å². The maximum absolute atomic E-state index is 12.2. The summed E-state index contributed by atoms with van der Waals surface area (Å²) in [6.07, 6.45) is 3.13. The minimum atomic E-state index is -0.0476. The van der Waals surface area contributed by atoms with Crippen molar-refractivity contribution in [3.8, 4) is 0 Å². The summed E-state index contributed by atoms with van der Waals surface area (Å²) in [5.74, 6) is -0.0476. The van der Waals surface area contributed by atoms with Gasteiger partial charge >= 0.3 is 0 Å². The van der Waals surface area contributed by atoms with Gasteiger partial charge in [0.15, 0.2) is 0 Å². The maximum Gasteiger partial charge on any atom is 0.274 e. The molecule has 1 aliphatic rings. The Bertz CT molecular complexity index is 416. The molecule has 1 aliphatic heterocycles. The molecule has 1 aromatic heterocycles. The number of aromatic nitrogens is 2. The van der Waals surface area contributed by atoms with Gasteiger partial charge in [-0.3, -0.25) is 9.78 Å². The Kier molecular flexibility index (Phi) is 4.22. The second-order valence-corrected chi connectivity index (χ2v) is 4.42. The molecule has 0 atom stereocenters. The Balaban J connectivity index is 2.06. The molecule has 0 spiro atoms. The molecule has 2 heterocycles. The molecule has 6 heteroatoms. The molecule has 6 nitrogen and oxygen atoms in total. The number of carbonyl (C=O) groups excluding carboxylic acids is 1. The largest absolute Gasteiger partial charge is 0.378 e. The highest BCUT2D eigenvalue weighted by Gasteiger charge is 2.21. The molecule has 0 saturated carbocycles. The number of hydrogen-bond donors (Lipinski definition) is 0. The van der Waals surface area contributed by atoms with Crippen molar-refractivity contribution >= 4 is 5.91 Å². The Morgan fingerprint density at radius 2 is 2.06 bits per heavy atom. The number of methoxy groups -OCH3 is 1. The van der Waals surface area contributed by atoms with Gasteiger partial charge in [0.05, 0.1) is 24.7 Å². The minimum absolute atomic E-state index is 0.0476. The molecule has 1 fully saturated rings. The van der Waals surface area contributed by atoms with Gasteiger partial charge < -0.3 is 14.5 Å². The van der Waals surface area contributed by atoms with Crippen molar-refractivity contribution < 1.29 is 9.53 Å². The molecule has 98 valence electrons. The van der Waals surface area contributed by atoms with Crippen LogP contribution in [0.5, 0.6) is 0 Å². The van der Waals surface area contributed by atoms with E-state index >= 15 is 0 Å². The zero-order valence-corrected chi connectivity index (χ0v) is 10.8. The van der Waals surface area contributed by atoms with Crippen LogP contribution < -0.4 is 0 Å². The van der Waals surface area contributed by atoms with Gasteiger partial charge in [-0.1, -0.05) is 0 Å². The fourth-order valence-electron chi connectivity index (χ4n) is 1.90. The Morgan fingerprint density at radius 3 is 2.72 bits per heavy atom. The molecule has 1 saturated heterocycles. The van der Waals surface area contributed by atoms with E-state index in [0.717, 1.165) is 26.2 Å². The highest BCUT2D eigenvalue weighted by atomic mass is 16.5. The van der Waals surface area contributed by atoms with Crippen LogP contribution in [-0.2, 0) is 11.3 Å². The smallest absolute Gasteiger partial charge is 0.274 e. The van der Waals surface area contributed by atoms with Crippen LogP contribution in [0.2, 0.25) is 0 Å². The fourth-order valence-corrected chi connectivity index (χ4v) is 1.90. The lowest BCUT2D eigenvalue weighted by molar-refractivity contribution is 0.0656. The van der Waals surface area contributed by atoms with E-state index in [1.807, 2.05) is 4.90 Å². The van der Waals surface area contributed by atoms with Crippen molar-refractivity contribution in [2.45, 2.75) is 6.61 Å². The average Bonchev–Trinajstić information content (AvgIpc) is 2.39. The SMILES string of the molecule is COCc1cncc(C(=O)N2CCN(C)CC2)n1. The monoisotopic (exact) mass is 250 g/mol. The first-order valence-electron chi connectivity index (χ1n) is 5.98. The first-order valence-corrected chi connectivity index (χ1v) is 5.98. The highest BCUT2D eigenvalue weighted by Crippen LogP contribution is 2.06. The Morgan fingerprint density at radius 1 is 1.33 bits per heavy atom. The van der Waals surface area contributed by atoms with Crippen LogP contribution in [-0.4, -0.2) is 66.0 Å². The van der Waals surface area contributed by atoms with E-state index in [4.69, 9.17) is 4.74 Å². The van der Waals surface area contributed by atoms with Gasteiger partial charge in [0.1, 0.15) is 5.69 Å². The molecule has 0 aromatic carbocycles. The lowest BCUT2D eigenvalue weighted by Crippen LogP contribution is -2.47. The molecule has 0 bridgehead atoms. The second kappa shape index (κ2) is 5.88. The number of likely N-dealkylation sites (N-methyl/N-ethyl adjacent to an activating group) is 1. The fraction of sp³-hybridized carbons (Fsp3) is 0.583. The van der Waals surface area contributed by atoms with Crippen LogP contribution in [0.4, 0.5) is 0 Å². The summed E-state index contributed by atoms with van der Waals surface area (Å²) in [4.78, 5) is 24.6. The van der Waals surface area contributed by atoms with Gasteiger partial charge in [-0.05, 0) is 7.05 Å². The summed E-state index contributed by atoms with van der Waals surface area (Å²) in [5.41, 5.74) is 1.08. The first-order chi connectivity index (χ1) is 8.70. The van der Waals surface area contributed by atoms with Crippen LogP contribution in [0.3, 0.4) is 0 Å². The third-order valence-electron chi connectivity index (χ3n) is 2.99. The van der Waals surface area contributed by atoms with Gasteiger partial charge in [-0.2, -0.15) is 0 Å². The third-order valence-corrected chi connectivity index (χ3v) is 2.99. The van der Waals surface area contributed by atoms with E-state index in [0.29, 0.717) is 18.0 Å². The summed E-state index contributed by atoms with van der Waals surface area (Å²) >= 11 is 0. The zero-order chi connectivity index (χ0) is 13.0. The topological polar surface area (TPSA) is 58.6 Å². The molecule has 0 unspecified atom stereocenters. The minimum Gasteiger partial charge on any atom is -0.378 e. The standard InChI is InChI=1S/C12H18N4O2/c1-15-3-5-16(6-4-15)12(17)11-8-13-7-10(14-11)9-18-2/h7-8H,3-6,9H2,1-2H3. The number of carbonyl (C=O) groups is 1. The average molecular weight is 250 g/mol. The normalized spacial score (nSPS) is 16.9. The van der Waals surface area contributed by atoms with Crippen LogP contribution in [0, 0.1) is 0 Å². The molecule has 0 aliphatic carbocycles. The summed E-state index contributed by atoms with van der Waals surface area (Å²) in [6, 6.07) is 0. The summed E-state index contributed by atoms with van der Waals surface area (Å²) in [5, 5.41) is 0. The molecule has 0 N–H and O–H groups in total. The molecule has 1 amide bonds. The van der Waals surface area contributed by atoms with Gasteiger partial charge in [0.2, 0.25) is 0 Å². The van der Waals surface area contributed by atoms with E-state index in [9.17, 15) is 4.79 Å². The molecule has 2 rings (SSSR count). The number of rotatable bonds is 3. The van der Waals surface area contributed by atoms with Gasteiger partial charge in [0, 0.05) is 33.3 Å². The second-order valence-electron chi connectivity index (χ2n) is 4.42. The molecule has 0 radical (unpaired) electrons. The van der Waals surface area contributed by atoms with E-state index in [1.165, 1.54) is 6.20 Å². The van der Waals surface area contributed by atoms with Crippen molar-refractivity contribution in [1.29, 1.82) is 0 Å². The van der Waals surface area contributed by atoms with Gasteiger partial charge in [0.25, 0.3) is 5.91 Å². The molecule has 18 heavy (non-hydrogen) atoms. The van der Waals surface area contributed by atoms with E-state index in [1.54, 1.807) is 13.3 Å². The quantitative estimate of drug-likeness (QED) is 0.756. The Labute approximate surface area is 107 Å². The number of piperazine rings is 1. The van der Waals surface area contributed by atoms with E-state index in [2.05, 4.69) is 21.9 Å². The van der Waals surface area contributed by atoms with Crippen molar-refractivity contribution in [2.75, 3.05) is 40.3 Å². The number of ether oxygens (including phenoxy) is 1. The van der Waals surface area contributed by atoms with Gasteiger partial charge in [-0.15, -0.1) is 0 Å². The molecular weight excluding hydrogens is 232 g/mol. The summed E-state index contributed by atoms with van der Waals surface area (Å²) in [6.45, 7) is 3.65. The van der Waals surface area contributed by atoms with Crippen LogP contribution in [0.25, 0.3) is 0 Å². The van der Waals surface area contributed by atoms with E-state index < -0.39 is 0 Å². The number of amides is 1. The molecule has 1 aromatic rings.